The normalized spacial score (nSPS) is 35.8. The highest BCUT2D eigenvalue weighted by Gasteiger charge is 2.34. The van der Waals surface area contributed by atoms with Crippen molar-refractivity contribution in [3.8, 4) is 0 Å². The van der Waals surface area contributed by atoms with E-state index in [0.29, 0.717) is 11.8 Å². The molecule has 3 nitrogen and oxygen atoms in total. The second kappa shape index (κ2) is 3.46. The number of thiocarbonyl (C=S) groups is 1. The molecule has 0 aliphatic heterocycles. The zero-order chi connectivity index (χ0) is 9.26. The molecule has 0 unspecified atom stereocenters. The topological polar surface area (TPSA) is 50.4 Å². The Kier molecular flexibility index (Phi) is 2.31. The van der Waals surface area contributed by atoms with Crippen molar-refractivity contribution in [3.05, 3.63) is 12.2 Å². The lowest BCUT2D eigenvalue weighted by molar-refractivity contribution is 0.592. The van der Waals surface area contributed by atoms with Crippen LogP contribution in [0.1, 0.15) is 12.8 Å². The largest absolute Gasteiger partial charge is 0.375 e. The van der Waals surface area contributed by atoms with Crippen LogP contribution in [0.4, 0.5) is 0 Å². The Hall–Kier alpha value is -0.900. The average molecular weight is 195 g/mol. The number of hydrogen-bond donors (Lipinski definition) is 2. The minimum absolute atomic E-state index is 0.231. The predicted molar refractivity (Wildman–Crippen MR) is 57.3 cm³/mol. The summed E-state index contributed by atoms with van der Waals surface area (Å²) in [4.78, 5) is 0. The Labute approximate surface area is 83.1 Å². The second-order valence-corrected chi connectivity index (χ2v) is 4.14. The smallest absolute Gasteiger partial charge is 0.184 e. The Morgan fingerprint density at radius 3 is 2.92 bits per heavy atom. The number of hydrogen-bond acceptors (Lipinski definition) is 2. The van der Waals surface area contributed by atoms with Gasteiger partial charge >= 0.3 is 0 Å². The van der Waals surface area contributed by atoms with Crippen LogP contribution in [0, 0.1) is 17.8 Å². The van der Waals surface area contributed by atoms with Gasteiger partial charge in [-0.1, -0.05) is 12.2 Å². The summed E-state index contributed by atoms with van der Waals surface area (Å²) in [5.74, 6) is 2.06. The van der Waals surface area contributed by atoms with Crippen molar-refractivity contribution in [2.75, 3.05) is 0 Å². The first-order valence-electron chi connectivity index (χ1n) is 4.52. The zero-order valence-corrected chi connectivity index (χ0v) is 8.13. The number of allylic oxidation sites excluding steroid dienone is 2. The summed E-state index contributed by atoms with van der Waals surface area (Å²) in [6, 6.07) is 0. The fourth-order valence-corrected chi connectivity index (χ4v) is 2.24. The summed E-state index contributed by atoms with van der Waals surface area (Å²) in [6.45, 7) is 0. The Morgan fingerprint density at radius 2 is 2.38 bits per heavy atom. The lowest BCUT2D eigenvalue weighted by Gasteiger charge is -2.11. The number of rotatable bonds is 2. The van der Waals surface area contributed by atoms with Gasteiger partial charge in [-0.15, -0.1) is 0 Å². The van der Waals surface area contributed by atoms with Crippen molar-refractivity contribution in [3.63, 3.8) is 0 Å². The highest BCUT2D eigenvalue weighted by molar-refractivity contribution is 7.80. The molecule has 70 valence electrons. The lowest BCUT2D eigenvalue weighted by atomic mass is 9.95. The first-order chi connectivity index (χ1) is 6.25. The van der Waals surface area contributed by atoms with Crippen LogP contribution >= 0.6 is 12.2 Å². The van der Waals surface area contributed by atoms with Gasteiger partial charge in [-0.3, -0.25) is 5.43 Å². The fourth-order valence-electron chi connectivity index (χ4n) is 2.19. The van der Waals surface area contributed by atoms with Gasteiger partial charge in [-0.2, -0.15) is 5.10 Å². The highest BCUT2D eigenvalue weighted by Crippen LogP contribution is 2.42. The van der Waals surface area contributed by atoms with Gasteiger partial charge in [0.25, 0.3) is 0 Å². The molecule has 0 spiro atoms. The molecule has 0 heterocycles. The molecule has 3 atom stereocenters. The third-order valence-electron chi connectivity index (χ3n) is 2.77. The molecule has 1 saturated carbocycles. The quantitative estimate of drug-likeness (QED) is 0.299. The zero-order valence-electron chi connectivity index (χ0n) is 7.31. The number of nitrogens with one attached hydrogen (secondary N) is 1. The van der Waals surface area contributed by atoms with Gasteiger partial charge in [0.05, 0.1) is 0 Å². The molecule has 2 aliphatic rings. The first-order valence-corrected chi connectivity index (χ1v) is 4.93. The van der Waals surface area contributed by atoms with E-state index < -0.39 is 0 Å². The van der Waals surface area contributed by atoms with Crippen LogP contribution in [0.5, 0.6) is 0 Å². The van der Waals surface area contributed by atoms with E-state index >= 15 is 0 Å². The summed E-state index contributed by atoms with van der Waals surface area (Å²) < 4.78 is 0. The maximum absolute atomic E-state index is 5.25. The molecule has 0 aromatic carbocycles. The molecule has 0 aromatic rings. The Bertz CT molecular complexity index is 272. The third-order valence-corrected chi connectivity index (χ3v) is 2.86. The molecule has 0 aromatic heterocycles. The SMILES string of the molecule is NC(=S)N/N=C\[C@H]1C[C@H]2C=C[C@@H]1C2. The predicted octanol–water partition coefficient (Wildman–Crippen LogP) is 1.02. The molecule has 0 amide bonds. The lowest BCUT2D eigenvalue weighted by Crippen LogP contribution is -2.25. The van der Waals surface area contributed by atoms with Crippen molar-refractivity contribution in [1.82, 2.24) is 5.43 Å². The molecule has 4 heteroatoms. The number of fused-ring (bicyclic) bond motifs is 2. The highest BCUT2D eigenvalue weighted by atomic mass is 32.1. The van der Waals surface area contributed by atoms with Crippen LogP contribution in [0.25, 0.3) is 0 Å². The number of nitrogens with zero attached hydrogens (tertiary/aromatic N) is 1. The van der Waals surface area contributed by atoms with Crippen LogP contribution in [-0.4, -0.2) is 11.3 Å². The Morgan fingerprint density at radius 1 is 1.54 bits per heavy atom. The maximum atomic E-state index is 5.25. The van der Waals surface area contributed by atoms with E-state index in [1.807, 2.05) is 6.21 Å². The summed E-state index contributed by atoms with van der Waals surface area (Å²) in [7, 11) is 0. The van der Waals surface area contributed by atoms with Crippen LogP contribution in [0.2, 0.25) is 0 Å². The van der Waals surface area contributed by atoms with Crippen LogP contribution in [0.15, 0.2) is 17.3 Å². The second-order valence-electron chi connectivity index (χ2n) is 3.70. The van der Waals surface area contributed by atoms with Gasteiger partial charge in [-0.25, -0.2) is 0 Å². The van der Waals surface area contributed by atoms with Gasteiger partial charge in [0, 0.05) is 12.1 Å². The van der Waals surface area contributed by atoms with E-state index in [1.165, 1.54) is 12.8 Å². The van der Waals surface area contributed by atoms with E-state index in [0.717, 1.165) is 5.92 Å². The third kappa shape index (κ3) is 1.88. The van der Waals surface area contributed by atoms with E-state index in [2.05, 4.69) is 34.9 Å². The standard InChI is InChI=1S/C9H13N3S/c10-9(13)12-11-5-8-4-6-1-2-7(8)3-6/h1-2,5-8H,3-4H2,(H3,10,12,13)/b11-5-/t6-,7+,8+/m0/s1. The number of nitrogens with two attached hydrogens (primary N) is 1. The van der Waals surface area contributed by atoms with E-state index in [1.54, 1.807) is 0 Å². The molecular formula is C9H13N3S. The van der Waals surface area contributed by atoms with Crippen LogP contribution < -0.4 is 11.2 Å². The van der Waals surface area contributed by atoms with Gasteiger partial charge in [0.2, 0.25) is 0 Å². The number of hydrazone groups is 1. The van der Waals surface area contributed by atoms with Crippen molar-refractivity contribution in [2.45, 2.75) is 12.8 Å². The van der Waals surface area contributed by atoms with Crippen molar-refractivity contribution >= 4 is 23.5 Å². The van der Waals surface area contributed by atoms with E-state index in [-0.39, 0.29) is 5.11 Å². The minimum Gasteiger partial charge on any atom is -0.375 e. The van der Waals surface area contributed by atoms with Crippen LogP contribution in [-0.2, 0) is 0 Å². The van der Waals surface area contributed by atoms with Gasteiger partial charge in [-0.05, 0) is 36.9 Å². The maximum Gasteiger partial charge on any atom is 0.184 e. The molecule has 1 fully saturated rings. The molecule has 2 rings (SSSR count). The molecule has 3 N–H and O–H groups in total. The van der Waals surface area contributed by atoms with Crippen molar-refractivity contribution in [2.24, 2.45) is 28.6 Å². The van der Waals surface area contributed by atoms with Gasteiger partial charge < -0.3 is 5.73 Å². The molecule has 2 aliphatic carbocycles. The fraction of sp³-hybridized carbons (Fsp3) is 0.556. The van der Waals surface area contributed by atoms with Crippen molar-refractivity contribution in [1.29, 1.82) is 0 Å². The average Bonchev–Trinajstić information content (AvgIpc) is 2.64. The first kappa shape index (κ1) is 8.69. The summed E-state index contributed by atoms with van der Waals surface area (Å²) in [5.41, 5.74) is 7.83. The summed E-state index contributed by atoms with van der Waals surface area (Å²) in [5, 5.41) is 4.23. The van der Waals surface area contributed by atoms with Crippen LogP contribution in [0.3, 0.4) is 0 Å². The monoisotopic (exact) mass is 195 g/mol. The minimum atomic E-state index is 0.231. The van der Waals surface area contributed by atoms with Crippen molar-refractivity contribution < 1.29 is 0 Å². The molecule has 2 bridgehead atoms. The van der Waals surface area contributed by atoms with Gasteiger partial charge in [0.1, 0.15) is 0 Å². The van der Waals surface area contributed by atoms with E-state index in [4.69, 9.17) is 5.73 Å². The summed E-state index contributed by atoms with van der Waals surface area (Å²) in [6.07, 6.45) is 9.07. The Balaban J connectivity index is 1.86. The molecule has 13 heavy (non-hydrogen) atoms. The molecule has 0 saturated heterocycles. The van der Waals surface area contributed by atoms with E-state index in [9.17, 15) is 0 Å². The van der Waals surface area contributed by atoms with Gasteiger partial charge in [0.15, 0.2) is 5.11 Å². The molecular weight excluding hydrogens is 182 g/mol. The molecule has 0 radical (unpaired) electrons. The summed E-state index contributed by atoms with van der Waals surface area (Å²) >= 11 is 4.64.